The lowest BCUT2D eigenvalue weighted by molar-refractivity contribution is -0.710. The number of fused-ring (bicyclic) bond motifs is 1. The topological polar surface area (TPSA) is 162 Å². The molecule has 0 amide bonds. The summed E-state index contributed by atoms with van der Waals surface area (Å²) in [4.78, 5) is 51.8. The van der Waals surface area contributed by atoms with Gasteiger partial charge in [0.15, 0.2) is 24.8 Å². The van der Waals surface area contributed by atoms with Crippen molar-refractivity contribution in [1.29, 1.82) is 0 Å². The van der Waals surface area contributed by atoms with Crippen LogP contribution < -0.4 is 28.4 Å². The number of esters is 1. The van der Waals surface area contributed by atoms with Crippen molar-refractivity contribution < 1.29 is 53.1 Å². The van der Waals surface area contributed by atoms with Crippen molar-refractivity contribution in [1.82, 2.24) is 0 Å². The van der Waals surface area contributed by atoms with E-state index in [1.165, 1.54) is 49.5 Å². The van der Waals surface area contributed by atoms with Crippen molar-refractivity contribution in [3.8, 4) is 11.5 Å². The Labute approximate surface area is 476 Å². The van der Waals surface area contributed by atoms with Crippen LogP contribution in [0, 0.1) is 38.5 Å². The summed E-state index contributed by atoms with van der Waals surface area (Å²) in [5.74, 6) is -0.188. The molecular formula is C67H90N4O9+2. The number of nitrogens with zero attached hydrogens (tertiary/aromatic N) is 4. The second-order valence-electron chi connectivity index (χ2n) is 23.2. The van der Waals surface area contributed by atoms with E-state index in [0.29, 0.717) is 5.75 Å². The Balaban J connectivity index is 0.000000391. The maximum Gasteiger partial charge on any atom is 0.374 e. The number of benzene rings is 3. The molecule has 13 heteroatoms. The number of anilines is 2. The van der Waals surface area contributed by atoms with Crippen LogP contribution >= 0.6 is 0 Å². The minimum atomic E-state index is -1.17. The Morgan fingerprint density at radius 1 is 0.588 bits per heavy atom. The molecule has 6 rings (SSSR count). The fourth-order valence-electron chi connectivity index (χ4n) is 10.2. The van der Waals surface area contributed by atoms with Crippen LogP contribution in [0.5, 0.6) is 11.5 Å². The maximum absolute atomic E-state index is 13.4. The highest BCUT2D eigenvalue weighted by atomic mass is 16.5. The van der Waals surface area contributed by atoms with E-state index in [1.807, 2.05) is 115 Å². The minimum absolute atomic E-state index is 0.228. The Morgan fingerprint density at radius 3 is 1.41 bits per heavy atom. The zero-order valence-corrected chi connectivity index (χ0v) is 49.7. The third-order valence-corrected chi connectivity index (χ3v) is 15.6. The molecule has 0 spiro atoms. The van der Waals surface area contributed by atoms with Crippen molar-refractivity contribution in [2.45, 2.75) is 157 Å². The van der Waals surface area contributed by atoms with E-state index < -0.39 is 42.4 Å². The average molecular weight is 1100 g/mol. The van der Waals surface area contributed by atoms with Gasteiger partial charge in [0.2, 0.25) is 0 Å². The highest BCUT2D eigenvalue weighted by Gasteiger charge is 2.36. The normalized spacial score (nSPS) is 15.5. The molecule has 3 aromatic carbocycles. The van der Waals surface area contributed by atoms with Crippen molar-refractivity contribution in [3.63, 3.8) is 0 Å². The molecular weight excluding hydrogens is 1000 g/mol. The van der Waals surface area contributed by atoms with Crippen molar-refractivity contribution in [2.24, 2.45) is 17.8 Å². The van der Waals surface area contributed by atoms with E-state index in [0.717, 1.165) is 105 Å². The molecule has 3 heterocycles. The number of hydrogen-bond acceptors (Lipinski definition) is 8. The van der Waals surface area contributed by atoms with Gasteiger partial charge in [-0.25, -0.2) is 9.59 Å². The molecule has 5 aromatic rings. The van der Waals surface area contributed by atoms with Crippen LogP contribution in [0.25, 0.3) is 24.3 Å². The molecule has 1 aliphatic rings. The van der Waals surface area contributed by atoms with Gasteiger partial charge in [-0.1, -0.05) is 121 Å². The van der Waals surface area contributed by atoms with Gasteiger partial charge in [-0.05, 0) is 134 Å². The van der Waals surface area contributed by atoms with Crippen molar-refractivity contribution in [2.75, 3.05) is 38.0 Å². The molecule has 5 unspecified atom stereocenters. The lowest BCUT2D eigenvalue weighted by atomic mass is 9.83. The fraction of sp³-hybridized carbons (Fsp3) is 0.463. The quantitative estimate of drug-likeness (QED) is 0.0261. The summed E-state index contributed by atoms with van der Waals surface area (Å²) < 4.78 is 15.7. The van der Waals surface area contributed by atoms with Crippen LogP contribution in [0.4, 0.5) is 11.4 Å². The van der Waals surface area contributed by atoms with Crippen LogP contribution in [0.3, 0.4) is 0 Å². The third kappa shape index (κ3) is 19.5. The summed E-state index contributed by atoms with van der Waals surface area (Å²) in [7, 11) is 7.99. The lowest BCUT2D eigenvalue weighted by Crippen LogP contribution is -2.45. The summed E-state index contributed by atoms with van der Waals surface area (Å²) in [6.07, 6.45) is 26.9. The maximum atomic E-state index is 13.4. The molecule has 0 bridgehead atoms. The molecule has 5 atom stereocenters. The monoisotopic (exact) mass is 1090 g/mol. The van der Waals surface area contributed by atoms with Gasteiger partial charge in [0.1, 0.15) is 29.9 Å². The number of aliphatic carboxylic acids is 3. The van der Waals surface area contributed by atoms with Gasteiger partial charge in [-0.2, -0.15) is 9.13 Å². The van der Waals surface area contributed by atoms with Gasteiger partial charge in [0.25, 0.3) is 12.1 Å². The first kappa shape index (κ1) is 63.6. The standard InChI is InChI=1S/C48H68N2O5.C19H20N2O4/c1-33(2)14-11-15-34(3)16-12-17-35(4)18-13-28-48(8)29-25-42-38(7)45(36(5)37(6)46(42)55-48)54-44(51)32-43(47(52)53)50-30-26-40(27-31-50)20-19-39-21-23-41(24-22-39)49(9)10;1-20(2)16-7-5-14(6-8-16)3-4-15-9-11-21(12-10-15)17(19(24)25)13-18(22)23/h19-24,26-27,30-31,33-35,43H,11-18,25,28-29,32H2,1-10H3;3-12,17H,13H2,1-2H3,(H-,22,23,24,25)/p+2. The van der Waals surface area contributed by atoms with Crippen LogP contribution in [0.1, 0.15) is 168 Å². The number of hydrogen-bond donors (Lipinski definition) is 3. The van der Waals surface area contributed by atoms with E-state index >= 15 is 0 Å². The molecule has 3 N–H and O–H groups in total. The Morgan fingerprint density at radius 2 is 1.00 bits per heavy atom. The average Bonchev–Trinajstić information content (AvgIpc) is 3.44. The predicted octanol–water partition coefficient (Wildman–Crippen LogP) is 13.6. The molecule has 0 aliphatic carbocycles. The fourth-order valence-corrected chi connectivity index (χ4v) is 10.2. The van der Waals surface area contributed by atoms with Gasteiger partial charge >= 0.3 is 23.9 Å². The molecule has 1 aliphatic heterocycles. The van der Waals surface area contributed by atoms with Crippen molar-refractivity contribution >= 4 is 59.6 Å². The number of carboxylic acids is 3. The predicted molar refractivity (Wildman–Crippen MR) is 321 cm³/mol. The minimum Gasteiger partial charge on any atom is -0.487 e. The SMILES string of the molecule is CN(C)c1ccc(/C=C/c2cc[n+](C(CC(=O)O)C(=O)O)cc2)cc1.Cc1c(C)c2c(c(C)c1OC(=O)CC(C(=O)O)[n+]1ccc(/C=C/c3ccc(N(C)C)cc3)cc1)CCC(C)(CCCC(C)CCCC(C)CCCC(C)C)O2. The van der Waals surface area contributed by atoms with Gasteiger partial charge in [0, 0.05) is 69.4 Å². The van der Waals surface area contributed by atoms with E-state index in [9.17, 15) is 24.3 Å². The summed E-state index contributed by atoms with van der Waals surface area (Å²) >= 11 is 0. The lowest BCUT2D eigenvalue weighted by Gasteiger charge is -2.38. The first-order chi connectivity index (χ1) is 37.9. The molecule has 0 radical (unpaired) electrons. The van der Waals surface area contributed by atoms with Crippen LogP contribution in [0.15, 0.2) is 97.6 Å². The van der Waals surface area contributed by atoms with E-state index in [-0.39, 0.29) is 12.0 Å². The van der Waals surface area contributed by atoms with E-state index in [2.05, 4.69) is 63.8 Å². The number of carbonyl (C=O) groups is 4. The van der Waals surface area contributed by atoms with Gasteiger partial charge in [-0.3, -0.25) is 9.59 Å². The molecule has 2 aromatic heterocycles. The molecule has 0 fully saturated rings. The van der Waals surface area contributed by atoms with Crippen molar-refractivity contribution in [3.05, 3.63) is 142 Å². The molecule has 80 heavy (non-hydrogen) atoms. The number of ether oxygens (including phenoxy) is 2. The highest BCUT2D eigenvalue weighted by Crippen LogP contribution is 2.45. The number of rotatable bonds is 27. The summed E-state index contributed by atoms with van der Waals surface area (Å²) in [6.45, 7) is 17.7. The summed E-state index contributed by atoms with van der Waals surface area (Å²) in [5, 5.41) is 28.1. The smallest absolute Gasteiger partial charge is 0.374 e. The van der Waals surface area contributed by atoms with E-state index in [1.54, 1.807) is 41.5 Å². The number of carboxylic acid groups (broad SMARTS) is 3. The van der Waals surface area contributed by atoms with Crippen LogP contribution in [-0.2, 0) is 25.6 Å². The zero-order chi connectivity index (χ0) is 58.7. The molecule has 13 nitrogen and oxygen atoms in total. The van der Waals surface area contributed by atoms with Gasteiger partial charge < -0.3 is 34.6 Å². The first-order valence-electron chi connectivity index (χ1n) is 28.6. The number of pyridine rings is 2. The summed E-state index contributed by atoms with van der Waals surface area (Å²) in [6, 6.07) is 21.3. The van der Waals surface area contributed by atoms with Gasteiger partial charge in [0.05, 0.1) is 0 Å². The number of aromatic nitrogens is 2. The first-order valence-corrected chi connectivity index (χ1v) is 28.6. The van der Waals surface area contributed by atoms with Crippen LogP contribution in [0.2, 0.25) is 0 Å². The third-order valence-electron chi connectivity index (χ3n) is 15.6. The Hall–Kier alpha value is -7.28. The molecule has 0 saturated carbocycles. The molecule has 0 saturated heterocycles. The highest BCUT2D eigenvalue weighted by molar-refractivity contribution is 5.81. The number of carbonyl (C=O) groups excluding carboxylic acids is 1. The zero-order valence-electron chi connectivity index (χ0n) is 49.7. The Bertz CT molecular complexity index is 2870. The van der Waals surface area contributed by atoms with Gasteiger partial charge in [-0.15, -0.1) is 0 Å². The Kier molecular flexibility index (Phi) is 24.1. The molecule has 430 valence electrons. The second kappa shape index (κ2) is 30.3. The second-order valence-corrected chi connectivity index (χ2v) is 23.2. The van der Waals surface area contributed by atoms with E-state index in [4.69, 9.17) is 19.7 Å². The largest absolute Gasteiger partial charge is 0.487 e. The van der Waals surface area contributed by atoms with Crippen LogP contribution in [-0.4, -0.2) is 73.0 Å². The summed E-state index contributed by atoms with van der Waals surface area (Å²) in [5.41, 5.74) is 9.77.